The Labute approximate surface area is 93.0 Å². The van der Waals surface area contributed by atoms with Crippen LogP contribution in [0.5, 0.6) is 0 Å². The monoisotopic (exact) mass is 223 g/mol. The van der Waals surface area contributed by atoms with Crippen molar-refractivity contribution in [2.24, 2.45) is 5.73 Å². The number of carbonyl (C=O) groups excluding carboxylic acids is 1. The zero-order chi connectivity index (χ0) is 11.7. The van der Waals surface area contributed by atoms with E-state index in [9.17, 15) is 9.18 Å². The highest BCUT2D eigenvalue weighted by Gasteiger charge is 2.31. The molecule has 16 heavy (non-hydrogen) atoms. The number of anilines is 2. The molecule has 5 heteroatoms. The highest BCUT2D eigenvalue weighted by molar-refractivity contribution is 5.96. The lowest BCUT2D eigenvalue weighted by Crippen LogP contribution is -2.38. The Bertz CT molecular complexity index is 422. The fraction of sp³-hybridized carbons (Fsp3) is 0.364. The minimum atomic E-state index is -0.507. The second-order valence-electron chi connectivity index (χ2n) is 3.90. The van der Waals surface area contributed by atoms with Gasteiger partial charge in [-0.3, -0.25) is 4.79 Å². The van der Waals surface area contributed by atoms with Crippen LogP contribution >= 0.6 is 0 Å². The van der Waals surface area contributed by atoms with E-state index >= 15 is 0 Å². The lowest BCUT2D eigenvalue weighted by atomic mass is 10.2. The second-order valence-corrected chi connectivity index (χ2v) is 3.90. The van der Waals surface area contributed by atoms with Gasteiger partial charge < -0.3 is 16.4 Å². The van der Waals surface area contributed by atoms with Crippen LogP contribution in [0.4, 0.5) is 15.8 Å². The number of hydrogen-bond donors (Lipinski definition) is 2. The highest BCUT2D eigenvalue weighted by atomic mass is 19.1. The quantitative estimate of drug-likeness (QED) is 0.730. The zero-order valence-electron chi connectivity index (χ0n) is 8.82. The highest BCUT2D eigenvalue weighted by Crippen LogP contribution is 2.28. The average molecular weight is 223 g/mol. The summed E-state index contributed by atoms with van der Waals surface area (Å²) >= 11 is 0. The molecule has 0 aliphatic carbocycles. The Hall–Kier alpha value is -1.62. The molecule has 1 atom stereocenters. The predicted octanol–water partition coefficient (Wildman–Crippen LogP) is 0.862. The molecular formula is C11H14FN3O. The lowest BCUT2D eigenvalue weighted by Gasteiger charge is -2.23. The number of nitrogens with zero attached hydrogens (tertiary/aromatic N) is 1. The van der Waals surface area contributed by atoms with E-state index in [0.29, 0.717) is 18.7 Å². The summed E-state index contributed by atoms with van der Waals surface area (Å²) in [5, 5.41) is 0. The van der Waals surface area contributed by atoms with Crippen molar-refractivity contribution in [1.82, 2.24) is 0 Å². The first kappa shape index (κ1) is 10.9. The second kappa shape index (κ2) is 4.09. The SMILES string of the molecule is NCC1CCC(=O)N1c1ccc(N)c(F)c1. The molecule has 1 aromatic rings. The Morgan fingerprint density at radius 2 is 2.25 bits per heavy atom. The van der Waals surface area contributed by atoms with Gasteiger partial charge >= 0.3 is 0 Å². The molecule has 0 saturated carbocycles. The molecule has 4 N–H and O–H groups in total. The van der Waals surface area contributed by atoms with Crippen LogP contribution in [-0.4, -0.2) is 18.5 Å². The van der Waals surface area contributed by atoms with Gasteiger partial charge in [0.15, 0.2) is 0 Å². The van der Waals surface area contributed by atoms with Crippen molar-refractivity contribution in [2.75, 3.05) is 17.2 Å². The molecule has 1 saturated heterocycles. The van der Waals surface area contributed by atoms with E-state index in [0.717, 1.165) is 6.42 Å². The number of nitrogens with two attached hydrogens (primary N) is 2. The minimum absolute atomic E-state index is 0.0142. The van der Waals surface area contributed by atoms with Crippen molar-refractivity contribution >= 4 is 17.3 Å². The van der Waals surface area contributed by atoms with Crippen molar-refractivity contribution < 1.29 is 9.18 Å². The van der Waals surface area contributed by atoms with Crippen LogP contribution in [0.1, 0.15) is 12.8 Å². The summed E-state index contributed by atoms with van der Waals surface area (Å²) in [6.45, 7) is 0.387. The first-order chi connectivity index (χ1) is 7.63. The molecule has 1 aliphatic rings. The molecule has 1 aliphatic heterocycles. The van der Waals surface area contributed by atoms with Gasteiger partial charge in [-0.25, -0.2) is 4.39 Å². The fourth-order valence-electron chi connectivity index (χ4n) is 1.99. The normalized spacial score (nSPS) is 20.5. The Kier molecular flexibility index (Phi) is 2.78. The van der Waals surface area contributed by atoms with E-state index in [1.807, 2.05) is 0 Å². The number of nitrogen functional groups attached to an aromatic ring is 1. The Balaban J connectivity index is 2.35. The lowest BCUT2D eigenvalue weighted by molar-refractivity contribution is -0.117. The van der Waals surface area contributed by atoms with Crippen molar-refractivity contribution in [3.8, 4) is 0 Å². The molecule has 4 nitrogen and oxygen atoms in total. The van der Waals surface area contributed by atoms with Gasteiger partial charge in [-0.05, 0) is 24.6 Å². The number of carbonyl (C=O) groups is 1. The molecule has 86 valence electrons. The minimum Gasteiger partial charge on any atom is -0.396 e. The maximum absolute atomic E-state index is 13.3. The van der Waals surface area contributed by atoms with Gasteiger partial charge in [-0.1, -0.05) is 0 Å². The van der Waals surface area contributed by atoms with E-state index in [2.05, 4.69) is 0 Å². The maximum atomic E-state index is 13.3. The van der Waals surface area contributed by atoms with Gasteiger partial charge in [0, 0.05) is 24.7 Å². The van der Waals surface area contributed by atoms with Crippen LogP contribution in [0.25, 0.3) is 0 Å². The average Bonchev–Trinajstić information content (AvgIpc) is 2.64. The first-order valence-electron chi connectivity index (χ1n) is 5.20. The zero-order valence-corrected chi connectivity index (χ0v) is 8.82. The molecule has 0 bridgehead atoms. The molecule has 1 heterocycles. The van der Waals surface area contributed by atoms with Crippen molar-refractivity contribution in [2.45, 2.75) is 18.9 Å². The van der Waals surface area contributed by atoms with Crippen LogP contribution in [0.3, 0.4) is 0 Å². The van der Waals surface area contributed by atoms with E-state index < -0.39 is 5.82 Å². The van der Waals surface area contributed by atoms with E-state index in [1.165, 1.54) is 12.1 Å². The molecule has 1 amide bonds. The Morgan fingerprint density at radius 1 is 1.50 bits per heavy atom. The van der Waals surface area contributed by atoms with Gasteiger partial charge in [0.1, 0.15) is 5.82 Å². The number of benzene rings is 1. The molecule has 1 unspecified atom stereocenters. The fourth-order valence-corrected chi connectivity index (χ4v) is 1.99. The molecule has 2 rings (SSSR count). The molecular weight excluding hydrogens is 209 g/mol. The van der Waals surface area contributed by atoms with Crippen LogP contribution in [0.2, 0.25) is 0 Å². The van der Waals surface area contributed by atoms with E-state index in [-0.39, 0.29) is 17.6 Å². The number of rotatable bonds is 2. The summed E-state index contributed by atoms with van der Waals surface area (Å²) in [7, 11) is 0. The van der Waals surface area contributed by atoms with E-state index in [1.54, 1.807) is 11.0 Å². The number of halogens is 1. The molecule has 1 aromatic carbocycles. The third kappa shape index (κ3) is 1.74. The third-order valence-electron chi connectivity index (χ3n) is 2.86. The van der Waals surface area contributed by atoms with E-state index in [4.69, 9.17) is 11.5 Å². The van der Waals surface area contributed by atoms with Crippen LogP contribution < -0.4 is 16.4 Å². The summed E-state index contributed by atoms with van der Waals surface area (Å²) < 4.78 is 13.3. The topological polar surface area (TPSA) is 72.4 Å². The smallest absolute Gasteiger partial charge is 0.227 e. The molecule has 0 spiro atoms. The number of hydrogen-bond acceptors (Lipinski definition) is 3. The first-order valence-corrected chi connectivity index (χ1v) is 5.20. The van der Waals surface area contributed by atoms with Gasteiger partial charge in [-0.15, -0.1) is 0 Å². The van der Waals surface area contributed by atoms with Crippen molar-refractivity contribution in [3.05, 3.63) is 24.0 Å². The standard InChI is InChI=1S/C11H14FN3O/c12-9-5-7(1-3-10(9)14)15-8(6-13)2-4-11(15)16/h1,3,5,8H,2,4,6,13-14H2. The van der Waals surface area contributed by atoms with Crippen molar-refractivity contribution in [3.63, 3.8) is 0 Å². The summed E-state index contributed by atoms with van der Waals surface area (Å²) in [6, 6.07) is 4.35. The van der Waals surface area contributed by atoms with Crippen molar-refractivity contribution in [1.29, 1.82) is 0 Å². The maximum Gasteiger partial charge on any atom is 0.227 e. The molecule has 0 radical (unpaired) electrons. The third-order valence-corrected chi connectivity index (χ3v) is 2.86. The Morgan fingerprint density at radius 3 is 2.88 bits per heavy atom. The van der Waals surface area contributed by atoms with Gasteiger partial charge in [0.2, 0.25) is 5.91 Å². The summed E-state index contributed by atoms with van der Waals surface area (Å²) in [4.78, 5) is 13.2. The summed E-state index contributed by atoms with van der Waals surface area (Å²) in [6.07, 6.45) is 1.19. The van der Waals surface area contributed by atoms with Crippen LogP contribution in [0, 0.1) is 5.82 Å². The van der Waals surface area contributed by atoms with Gasteiger partial charge in [0.25, 0.3) is 0 Å². The van der Waals surface area contributed by atoms with Crippen LogP contribution in [0.15, 0.2) is 18.2 Å². The largest absolute Gasteiger partial charge is 0.396 e. The van der Waals surface area contributed by atoms with Gasteiger partial charge in [-0.2, -0.15) is 0 Å². The number of amides is 1. The van der Waals surface area contributed by atoms with Crippen LogP contribution in [-0.2, 0) is 4.79 Å². The van der Waals surface area contributed by atoms with Gasteiger partial charge in [0.05, 0.1) is 5.69 Å². The summed E-state index contributed by atoms with van der Waals surface area (Å²) in [5.41, 5.74) is 11.6. The molecule has 0 aromatic heterocycles. The predicted molar refractivity (Wildman–Crippen MR) is 60.4 cm³/mol. The molecule has 1 fully saturated rings. The summed E-state index contributed by atoms with van der Waals surface area (Å²) in [5.74, 6) is -0.521.